The fourth-order valence-corrected chi connectivity index (χ4v) is 5.66. The van der Waals surface area contributed by atoms with Crippen molar-refractivity contribution >= 4 is 23.8 Å². The van der Waals surface area contributed by atoms with Crippen LogP contribution in [0.1, 0.15) is 64.7 Å². The number of hydrogen-bond donors (Lipinski definition) is 4. The van der Waals surface area contributed by atoms with Gasteiger partial charge in [0.2, 0.25) is 0 Å². The van der Waals surface area contributed by atoms with Gasteiger partial charge < -0.3 is 26.4 Å². The van der Waals surface area contributed by atoms with Gasteiger partial charge in [0.1, 0.15) is 16.8 Å². The zero-order chi connectivity index (χ0) is 27.4. The molecule has 0 spiro atoms. The van der Waals surface area contributed by atoms with Crippen LogP contribution < -0.4 is 16.2 Å². The number of rotatable bonds is 9. The van der Waals surface area contributed by atoms with Crippen LogP contribution >= 0.6 is 0 Å². The van der Waals surface area contributed by atoms with Crippen molar-refractivity contribution in [2.24, 2.45) is 40.6 Å². The van der Waals surface area contributed by atoms with Crippen LogP contribution in [0, 0.1) is 29.1 Å². The van der Waals surface area contributed by atoms with Crippen LogP contribution in [0.2, 0.25) is 0 Å². The van der Waals surface area contributed by atoms with E-state index in [0.717, 1.165) is 12.0 Å². The molecule has 6 N–H and O–H groups in total. The van der Waals surface area contributed by atoms with Crippen LogP contribution in [-0.4, -0.2) is 35.0 Å². The lowest BCUT2D eigenvalue weighted by molar-refractivity contribution is -0.148. The molecule has 2 bridgehead atoms. The lowest BCUT2D eigenvalue weighted by Gasteiger charge is -2.54. The maximum Gasteiger partial charge on any atom is 0.328 e. The molecule has 4 atom stereocenters. The minimum absolute atomic E-state index is 0.0401. The zero-order valence-corrected chi connectivity index (χ0v) is 22.1. The van der Waals surface area contributed by atoms with E-state index in [9.17, 15) is 24.6 Å². The molecule has 0 saturated heterocycles. The molecule has 0 heterocycles. The van der Waals surface area contributed by atoms with Gasteiger partial charge in [0.05, 0.1) is 7.11 Å². The predicted octanol–water partition coefficient (Wildman–Crippen LogP) is 3.67. The Balaban J connectivity index is 2.28. The zero-order valence-electron chi connectivity index (χ0n) is 22.1. The molecule has 36 heavy (non-hydrogen) atoms. The van der Waals surface area contributed by atoms with Crippen molar-refractivity contribution in [1.29, 1.82) is 0 Å². The molecule has 3 aliphatic rings. The first-order valence-corrected chi connectivity index (χ1v) is 12.2. The number of fused-ring (bicyclic) bond motifs is 1. The Bertz CT molecular complexity index is 1160. The van der Waals surface area contributed by atoms with E-state index in [2.05, 4.69) is 13.8 Å². The fraction of sp³-hybridized carbons (Fsp3) is 0.536. The third-order valence-electron chi connectivity index (χ3n) is 8.52. The lowest BCUT2D eigenvalue weighted by atomic mass is 9.48. The minimum Gasteiger partial charge on any atom is -0.496 e. The second kappa shape index (κ2) is 9.16. The van der Waals surface area contributed by atoms with Crippen molar-refractivity contribution in [2.45, 2.75) is 59.0 Å². The average Bonchev–Trinajstić information content (AvgIpc) is 2.79. The van der Waals surface area contributed by atoms with Gasteiger partial charge in [-0.05, 0) is 64.5 Å². The number of carboxylic acids is 2. The number of ketones is 1. The fourth-order valence-electron chi connectivity index (χ4n) is 5.66. The molecular formula is C28H38N2O6. The molecule has 1 aromatic rings. The van der Waals surface area contributed by atoms with Crippen LogP contribution in [0.25, 0.3) is 6.08 Å². The molecule has 0 aliphatic heterocycles. The topological polar surface area (TPSA) is 153 Å². The standard InChI is InChI=1S/C28H38N2O6/c1-14(2)27(29,24(32)33)20-10-16(8-9-17-12-21(31)19-13-18(17)26(19,5)6)11-22(36-7)23(20)28(30,15(3)4)25(34)35/h8-12,14-15,18-19H,13,29-30H2,1-7H3,(H,32,33)(H,34,35)/b9-8+/t18-,19+,27?,28?/m0/s1. The van der Waals surface area contributed by atoms with Crippen molar-refractivity contribution in [2.75, 3.05) is 7.11 Å². The summed E-state index contributed by atoms with van der Waals surface area (Å²) in [6.45, 7) is 10.8. The predicted molar refractivity (Wildman–Crippen MR) is 137 cm³/mol. The molecular weight excluding hydrogens is 460 g/mol. The second-order valence-electron chi connectivity index (χ2n) is 11.3. The summed E-state index contributed by atoms with van der Waals surface area (Å²) in [6.07, 6.45) is 6.14. The third kappa shape index (κ3) is 3.96. The van der Waals surface area contributed by atoms with Gasteiger partial charge in [-0.1, -0.05) is 53.7 Å². The molecule has 0 amide bonds. The van der Waals surface area contributed by atoms with E-state index >= 15 is 0 Å². The summed E-state index contributed by atoms with van der Waals surface area (Å²) in [5, 5.41) is 20.4. The summed E-state index contributed by atoms with van der Waals surface area (Å²) in [6, 6.07) is 3.21. The molecule has 1 fully saturated rings. The SMILES string of the molecule is COc1cc(/C=C/C2=CC(=O)[C@H]3C[C@@H]2C3(C)C)cc(C(N)(C(=O)O)C(C)C)c1C(N)(C(=O)O)C(C)C. The minimum atomic E-state index is -1.96. The lowest BCUT2D eigenvalue weighted by Crippen LogP contribution is -2.55. The summed E-state index contributed by atoms with van der Waals surface area (Å²) >= 11 is 0. The van der Waals surface area contributed by atoms with Crippen molar-refractivity contribution in [3.05, 3.63) is 46.5 Å². The van der Waals surface area contributed by atoms with Gasteiger partial charge in [0, 0.05) is 11.5 Å². The Morgan fingerprint density at radius 2 is 1.58 bits per heavy atom. The highest BCUT2D eigenvalue weighted by Gasteiger charge is 2.55. The van der Waals surface area contributed by atoms with Crippen LogP contribution in [0.15, 0.2) is 29.9 Å². The Morgan fingerprint density at radius 1 is 1.03 bits per heavy atom. The molecule has 196 valence electrons. The average molecular weight is 499 g/mol. The normalized spacial score (nSPS) is 24.2. The number of allylic oxidation sites excluding steroid dienone is 3. The van der Waals surface area contributed by atoms with Crippen molar-refractivity contribution < 1.29 is 29.3 Å². The van der Waals surface area contributed by atoms with Crippen LogP contribution in [0.4, 0.5) is 0 Å². The van der Waals surface area contributed by atoms with E-state index in [0.29, 0.717) is 5.56 Å². The molecule has 0 aromatic heterocycles. The summed E-state index contributed by atoms with van der Waals surface area (Å²) in [4.78, 5) is 37.5. The quantitative estimate of drug-likeness (QED) is 0.402. The number of ether oxygens (including phenoxy) is 1. The van der Waals surface area contributed by atoms with Crippen molar-refractivity contribution in [3.8, 4) is 5.75 Å². The number of benzene rings is 1. The second-order valence-corrected chi connectivity index (χ2v) is 11.3. The number of nitrogens with two attached hydrogens (primary N) is 2. The van der Waals surface area contributed by atoms with E-state index in [1.807, 2.05) is 6.08 Å². The molecule has 4 rings (SSSR count). The van der Waals surface area contributed by atoms with Crippen LogP contribution in [0.5, 0.6) is 5.75 Å². The van der Waals surface area contributed by atoms with E-state index in [1.165, 1.54) is 7.11 Å². The van der Waals surface area contributed by atoms with Gasteiger partial charge in [-0.2, -0.15) is 0 Å². The van der Waals surface area contributed by atoms with Gasteiger partial charge in [-0.15, -0.1) is 0 Å². The molecule has 1 saturated carbocycles. The maximum atomic E-state index is 12.5. The number of aliphatic carboxylic acids is 2. The summed E-state index contributed by atoms with van der Waals surface area (Å²) < 4.78 is 5.60. The van der Waals surface area contributed by atoms with Crippen molar-refractivity contribution in [3.63, 3.8) is 0 Å². The molecule has 8 nitrogen and oxygen atoms in total. The van der Waals surface area contributed by atoms with Gasteiger partial charge in [-0.25, -0.2) is 9.59 Å². The summed E-state index contributed by atoms with van der Waals surface area (Å²) in [5.74, 6) is -3.27. The Morgan fingerprint density at radius 3 is 2.00 bits per heavy atom. The van der Waals surface area contributed by atoms with E-state index < -0.39 is 34.9 Å². The molecule has 3 aliphatic carbocycles. The smallest absolute Gasteiger partial charge is 0.328 e. The van der Waals surface area contributed by atoms with Gasteiger partial charge in [0.25, 0.3) is 0 Å². The molecule has 1 aromatic carbocycles. The Hall–Kier alpha value is -2.97. The number of hydrogen-bond acceptors (Lipinski definition) is 6. The first-order chi connectivity index (χ1) is 16.5. The van der Waals surface area contributed by atoms with E-state index in [-0.39, 0.29) is 39.9 Å². The number of methoxy groups -OCH3 is 1. The Labute approximate surface area is 212 Å². The highest BCUT2D eigenvalue weighted by atomic mass is 16.5. The summed E-state index contributed by atoms with van der Waals surface area (Å²) in [5.41, 5.74) is 10.6. The monoisotopic (exact) mass is 498 g/mol. The number of carbonyl (C=O) groups is 3. The summed E-state index contributed by atoms with van der Waals surface area (Å²) in [7, 11) is 1.38. The largest absolute Gasteiger partial charge is 0.496 e. The Kier molecular flexibility index (Phi) is 7.03. The number of carboxylic acid groups (broad SMARTS) is 2. The first-order valence-electron chi connectivity index (χ1n) is 12.2. The molecule has 0 radical (unpaired) electrons. The van der Waals surface area contributed by atoms with Crippen LogP contribution in [0.3, 0.4) is 0 Å². The van der Waals surface area contributed by atoms with Gasteiger partial charge in [-0.3, -0.25) is 4.79 Å². The van der Waals surface area contributed by atoms with Crippen molar-refractivity contribution in [1.82, 2.24) is 0 Å². The molecule has 8 heteroatoms. The highest BCUT2D eigenvalue weighted by molar-refractivity contribution is 5.97. The highest BCUT2D eigenvalue weighted by Crippen LogP contribution is 2.58. The first kappa shape index (κ1) is 27.6. The van der Waals surface area contributed by atoms with Gasteiger partial charge >= 0.3 is 11.9 Å². The maximum absolute atomic E-state index is 12.5. The molecule has 2 unspecified atom stereocenters. The number of carbonyl (C=O) groups excluding carboxylic acids is 1. The van der Waals surface area contributed by atoms with Crippen LogP contribution in [-0.2, 0) is 25.5 Å². The van der Waals surface area contributed by atoms with E-state index in [4.69, 9.17) is 16.2 Å². The third-order valence-corrected chi connectivity index (χ3v) is 8.52. The van der Waals surface area contributed by atoms with Gasteiger partial charge in [0.15, 0.2) is 5.78 Å². The van der Waals surface area contributed by atoms with E-state index in [1.54, 1.807) is 52.0 Å².